The second-order valence-corrected chi connectivity index (χ2v) is 33.4. The van der Waals surface area contributed by atoms with Gasteiger partial charge in [0.25, 0.3) is 0 Å². The summed E-state index contributed by atoms with van der Waals surface area (Å²) in [5.41, 5.74) is 29.7. The minimum atomic E-state index is -2.28. The summed E-state index contributed by atoms with van der Waals surface area (Å²) in [5.74, 6) is 0. The molecule has 1 aliphatic heterocycles. The van der Waals surface area contributed by atoms with Crippen molar-refractivity contribution in [2.24, 2.45) is 0 Å². The number of rotatable bonds is 2. The first-order valence-corrected chi connectivity index (χ1v) is 29.9. The molecule has 4 aliphatic carbocycles. The van der Waals surface area contributed by atoms with Crippen LogP contribution in [0.5, 0.6) is 0 Å². The molecule has 0 aromatic heterocycles. The summed E-state index contributed by atoms with van der Waals surface area (Å²) in [4.78, 5) is 0. The summed E-state index contributed by atoms with van der Waals surface area (Å²) in [5, 5.41) is 3.63. The van der Waals surface area contributed by atoms with Crippen LogP contribution in [-0.4, -0.2) is 8.07 Å². The van der Waals surface area contributed by atoms with Crippen molar-refractivity contribution in [1.29, 1.82) is 0 Å². The molecule has 0 amide bonds. The molecule has 9 rings (SSSR count). The van der Waals surface area contributed by atoms with E-state index in [9.17, 15) is 0 Å². The Kier molecular flexibility index (Phi) is 11.6. The monoisotopic (exact) mass is 1020 g/mol. The van der Waals surface area contributed by atoms with Gasteiger partial charge in [0.2, 0.25) is 0 Å². The topological polar surface area (TPSA) is 0 Å². The Bertz CT molecular complexity index is 2280. The fourth-order valence-electron chi connectivity index (χ4n) is 11.9. The summed E-state index contributed by atoms with van der Waals surface area (Å²) >= 11 is -1.37. The van der Waals surface area contributed by atoms with Gasteiger partial charge in [0.15, 0.2) is 0 Å². The predicted molar refractivity (Wildman–Crippen MR) is 251 cm³/mol. The molecule has 0 saturated heterocycles. The van der Waals surface area contributed by atoms with Gasteiger partial charge >= 0.3 is 368 Å². The first-order chi connectivity index (χ1) is 26.9. The van der Waals surface area contributed by atoms with Crippen molar-refractivity contribution in [2.75, 3.05) is 0 Å². The summed E-state index contributed by atoms with van der Waals surface area (Å²) in [7, 11) is -2.28. The van der Waals surface area contributed by atoms with E-state index in [0.717, 1.165) is 0 Å². The average Bonchev–Trinajstić information content (AvgIpc) is 3.89. The molecule has 4 heteroatoms. The third-order valence-corrected chi connectivity index (χ3v) is 26.7. The van der Waals surface area contributed by atoms with Crippen molar-refractivity contribution in [3.05, 3.63) is 126 Å². The van der Waals surface area contributed by atoms with E-state index < -0.39 is 31.0 Å². The molecule has 0 saturated carbocycles. The smallest absolute Gasteiger partial charge is 1.00 e. The number of benzene rings is 4. The summed E-state index contributed by atoms with van der Waals surface area (Å²) in [6, 6.07) is 21.2. The Morgan fingerprint density at radius 2 is 0.767 bits per heavy atom. The van der Waals surface area contributed by atoms with Gasteiger partial charge in [0.05, 0.1) is 0 Å². The zero-order valence-corrected chi connectivity index (χ0v) is 45.9. The molecule has 4 bridgehead atoms. The molecule has 2 unspecified atom stereocenters. The van der Waals surface area contributed by atoms with Gasteiger partial charge in [0, 0.05) is 0 Å². The molecule has 5 aliphatic rings. The normalized spacial score (nSPS) is 20.0. The van der Waals surface area contributed by atoms with Crippen LogP contribution in [0, 0.1) is 0 Å². The maximum Gasteiger partial charge on any atom is -1.00 e. The van der Waals surface area contributed by atoms with Gasteiger partial charge in [-0.2, -0.15) is 0 Å². The van der Waals surface area contributed by atoms with Gasteiger partial charge in [-0.3, -0.25) is 0 Å². The second kappa shape index (κ2) is 15.1. The number of allylic oxidation sites excluding steroid dienone is 2. The van der Waals surface area contributed by atoms with E-state index in [4.69, 9.17) is 0 Å². The summed E-state index contributed by atoms with van der Waals surface area (Å²) in [6.45, 7) is 39.8. The number of hydrogen-bond donors (Lipinski definition) is 0. The zero-order valence-electron chi connectivity index (χ0n) is 39.8. The second-order valence-electron chi connectivity index (χ2n) is 23.8. The number of aryl methyl sites for hydroxylation is 2. The predicted octanol–water partition coefficient (Wildman–Crippen LogP) is 9.44. The zero-order chi connectivity index (χ0) is 41.8. The Hall–Kier alpha value is -1.97. The van der Waals surface area contributed by atoms with Gasteiger partial charge in [-0.05, 0) is 0 Å². The number of halogens is 2. The first-order valence-electron chi connectivity index (χ1n) is 22.8. The molecule has 4 aromatic carbocycles. The van der Waals surface area contributed by atoms with E-state index >= 15 is 0 Å². The molecule has 0 N–H and O–H groups in total. The Morgan fingerprint density at radius 3 is 1.07 bits per heavy atom. The van der Waals surface area contributed by atoms with Crippen LogP contribution in [0.4, 0.5) is 0 Å². The minimum absolute atomic E-state index is 0. The van der Waals surface area contributed by atoms with E-state index in [-0.39, 0.29) is 46.5 Å². The largest absolute Gasteiger partial charge is 1.00 e. The third-order valence-electron chi connectivity index (χ3n) is 15.1. The number of hydrogen-bond acceptors (Lipinski definition) is 0. The van der Waals surface area contributed by atoms with E-state index in [1.165, 1.54) is 71.9 Å². The van der Waals surface area contributed by atoms with Crippen LogP contribution in [0.3, 0.4) is 0 Å². The quantitative estimate of drug-likeness (QED) is 0.176. The Labute approximate surface area is 389 Å². The van der Waals surface area contributed by atoms with E-state index in [1.807, 2.05) is 10.4 Å². The minimum Gasteiger partial charge on any atom is -1.00 e. The van der Waals surface area contributed by atoms with Gasteiger partial charge in [-0.1, -0.05) is 0 Å². The van der Waals surface area contributed by atoms with Crippen LogP contribution < -0.4 is 24.8 Å². The SMILES string of the molecule is CC1=C2c3c(cc4c(c3-c3cc(C(C)(C)C)cc(C(C)(C)C)c3)CCC4)[CH]1[Hf+2][CH]1C(C)=C(c3c1cc1c(c3-c3cc(C(C)(C)C)cc(C(C)(C)C)c3)CCC1)[Si]2(C)C.[Cl-].[Cl-]. The maximum atomic E-state index is 2.79. The Morgan fingerprint density at radius 1 is 0.450 bits per heavy atom. The molecule has 2 atom stereocenters. The van der Waals surface area contributed by atoms with Crippen molar-refractivity contribution in [3.8, 4) is 22.3 Å². The van der Waals surface area contributed by atoms with E-state index in [2.05, 4.69) is 159 Å². The van der Waals surface area contributed by atoms with Crippen LogP contribution in [0.25, 0.3) is 32.6 Å². The molecular weight excluding hydrogens is 950 g/mol. The number of fused-ring (bicyclic) bond motifs is 10. The van der Waals surface area contributed by atoms with Gasteiger partial charge in [-0.25, -0.2) is 0 Å². The Balaban J connectivity index is 0.00000272. The van der Waals surface area contributed by atoms with E-state index in [0.29, 0.717) is 7.35 Å². The van der Waals surface area contributed by atoms with Gasteiger partial charge < -0.3 is 24.8 Å². The third kappa shape index (κ3) is 7.15. The van der Waals surface area contributed by atoms with Crippen molar-refractivity contribution >= 4 is 18.5 Å². The van der Waals surface area contributed by atoms with Crippen molar-refractivity contribution in [3.63, 3.8) is 0 Å². The molecule has 316 valence electrons. The molecule has 60 heavy (non-hydrogen) atoms. The molecule has 4 aromatic rings. The fraction of sp³-hybridized carbons (Fsp3) is 0.500. The molecule has 1 heterocycles. The molecule has 0 nitrogen and oxygen atoms in total. The molecule has 0 radical (unpaired) electrons. The van der Waals surface area contributed by atoms with E-state index in [1.54, 1.807) is 66.8 Å². The summed E-state index contributed by atoms with van der Waals surface area (Å²) < 4.78 is 1.32. The summed E-state index contributed by atoms with van der Waals surface area (Å²) in [6.07, 6.45) is 7.49. The first kappa shape index (κ1) is 46.0. The maximum absolute atomic E-state index is 2.79. The van der Waals surface area contributed by atoms with Crippen LogP contribution >= 0.6 is 0 Å². The average molecular weight is 1020 g/mol. The van der Waals surface area contributed by atoms with Crippen LogP contribution in [0.1, 0.15) is 184 Å². The van der Waals surface area contributed by atoms with Crippen molar-refractivity contribution in [2.45, 2.75) is 178 Å². The van der Waals surface area contributed by atoms with Crippen LogP contribution in [0.2, 0.25) is 13.1 Å². The van der Waals surface area contributed by atoms with Gasteiger partial charge in [-0.15, -0.1) is 0 Å². The van der Waals surface area contributed by atoms with Crippen LogP contribution in [0.15, 0.2) is 59.7 Å². The van der Waals surface area contributed by atoms with Crippen LogP contribution in [-0.2, 0) is 70.2 Å². The van der Waals surface area contributed by atoms with Crippen molar-refractivity contribution in [1.82, 2.24) is 0 Å². The molecule has 0 fully saturated rings. The molecule has 0 spiro atoms. The van der Waals surface area contributed by atoms with Gasteiger partial charge in [0.1, 0.15) is 0 Å². The molecular formula is C56H70Cl2HfSi. The fourth-order valence-corrected chi connectivity index (χ4v) is 24.2. The standard InChI is InChI=1S/C56H70Si.2ClH.Hf/c1-33-23-37-25-35-19-17-21-45(35)47(39-27-41(53(3,4)5)31-42(28-39)54(6,7)8)49(37)51(33)57(15,16)52-34(2)24-38-26-36-20-18-22-46(36)48(50(38)52)40-29-43(55(9,10)11)32-44(30-40)56(12,13)14;;;/h23-32H,17-22H2,1-16H3;2*1H;/q;;;+2/p-2. The van der Waals surface area contributed by atoms with Crippen molar-refractivity contribution < 1.29 is 47.7 Å².